The molecule has 18 nitrogen and oxygen atoms in total. The molecule has 2 aromatic carbocycles. The van der Waals surface area contributed by atoms with Crippen LogP contribution in [0.5, 0.6) is 0 Å². The first kappa shape index (κ1) is 60.8. The SMILES string of the molecule is CC[C@@]1(O)OC(=O)CC2=CN3Cc4c(nc5ccccc5c4C=Nc4ccc(CCCC(=O)O[C@H]5C[C@H]6OC[C@@]6(O)C6[C@H](C)[C@]7(O)C[C@H](OC(=O)[C@H](O)[C@H](C)NC(C)=O)C(C)=C([C@@H](O)C(=O)[C@@]65C)C7(C)C)cc4)C3C=C21.[Ac].[Ac]. The molecule has 2 unspecified atom stereocenters. The molecule has 1 amide bonds. The number of cyclic esters (lactones) is 1. The number of aryl methyl sites for hydroxylation is 1. The number of nitrogens with zero attached hydrogens (tertiary/aromatic N) is 3. The second-order valence-electron chi connectivity index (χ2n) is 22.9. The summed E-state index contributed by atoms with van der Waals surface area (Å²) in [6, 6.07) is 14.3. The Bertz CT molecular complexity index is 3070. The van der Waals surface area contributed by atoms with Crippen LogP contribution in [0.4, 0.5) is 5.69 Å². The first-order valence-corrected chi connectivity index (χ1v) is 26.4. The van der Waals surface area contributed by atoms with Crippen LogP contribution in [0.25, 0.3) is 10.9 Å². The third-order valence-electron chi connectivity index (χ3n) is 18.2. The van der Waals surface area contributed by atoms with Crippen molar-refractivity contribution in [1.82, 2.24) is 15.2 Å². The van der Waals surface area contributed by atoms with Gasteiger partial charge >= 0.3 is 17.9 Å². The first-order chi connectivity index (χ1) is 35.9. The summed E-state index contributed by atoms with van der Waals surface area (Å²) >= 11 is 0. The van der Waals surface area contributed by atoms with E-state index in [4.69, 9.17) is 28.9 Å². The van der Waals surface area contributed by atoms with Gasteiger partial charge in [0, 0.05) is 173 Å². The van der Waals surface area contributed by atoms with Crippen LogP contribution < -0.4 is 5.32 Å². The second kappa shape index (κ2) is 22.5. The van der Waals surface area contributed by atoms with Crippen LogP contribution >= 0.6 is 0 Å². The molecule has 6 N–H and O–H groups in total. The Morgan fingerprint density at radius 1 is 1.04 bits per heavy atom. The molecule has 4 aliphatic heterocycles. The summed E-state index contributed by atoms with van der Waals surface area (Å²) in [4.78, 5) is 78.6. The fourth-order valence-electron chi connectivity index (χ4n) is 14.0. The second-order valence-corrected chi connectivity index (χ2v) is 22.9. The monoisotopic (exact) mass is 1500 g/mol. The van der Waals surface area contributed by atoms with Gasteiger partial charge in [0.1, 0.15) is 23.9 Å². The number of fused-ring (bicyclic) bond motifs is 10. The van der Waals surface area contributed by atoms with Gasteiger partial charge in [0.05, 0.1) is 59.1 Å². The van der Waals surface area contributed by atoms with Gasteiger partial charge in [0.25, 0.3) is 0 Å². The number of amides is 1. The zero-order valence-electron chi connectivity index (χ0n) is 45.3. The number of aliphatic hydroxyl groups excluding tert-OH is 2. The van der Waals surface area contributed by atoms with Crippen molar-refractivity contribution in [3.05, 3.63) is 105 Å². The Hall–Kier alpha value is -3.27. The molecule has 78 heavy (non-hydrogen) atoms. The number of nitrogens with one attached hydrogen (secondary N) is 1. The topological polar surface area (TPSA) is 264 Å². The molecule has 7 aliphatic rings. The third-order valence-corrected chi connectivity index (χ3v) is 18.2. The molecule has 10 rings (SSSR count). The van der Waals surface area contributed by atoms with Crippen LogP contribution in [0.2, 0.25) is 0 Å². The molecule has 5 heterocycles. The number of hydrogen-bond acceptors (Lipinski definition) is 17. The van der Waals surface area contributed by atoms with Crippen LogP contribution in [0.3, 0.4) is 0 Å². The molecule has 3 aliphatic carbocycles. The van der Waals surface area contributed by atoms with Gasteiger partial charge < -0.3 is 54.7 Å². The van der Waals surface area contributed by atoms with E-state index in [-0.39, 0.29) is 138 Å². The van der Waals surface area contributed by atoms with E-state index in [1.54, 1.807) is 41.5 Å². The predicted molar refractivity (Wildman–Crippen MR) is 275 cm³/mol. The maximum Gasteiger partial charge on any atom is 0.337 e. The minimum absolute atomic E-state index is 0. The molecule has 13 atom stereocenters. The number of rotatable bonds is 12. The van der Waals surface area contributed by atoms with Gasteiger partial charge in [-0.15, -0.1) is 0 Å². The van der Waals surface area contributed by atoms with Gasteiger partial charge in [0.2, 0.25) is 11.7 Å². The van der Waals surface area contributed by atoms with Crippen LogP contribution in [-0.2, 0) is 55.9 Å². The Labute approximate surface area is 525 Å². The van der Waals surface area contributed by atoms with Gasteiger partial charge in [-0.1, -0.05) is 58.0 Å². The number of ketones is 1. The largest absolute Gasteiger partial charge is 0.461 e. The van der Waals surface area contributed by atoms with Crippen LogP contribution in [0, 0.1) is 111 Å². The maximum atomic E-state index is 15.1. The van der Waals surface area contributed by atoms with Crippen LogP contribution in [-0.4, -0.2) is 131 Å². The normalized spacial score (nSPS) is 33.0. The minimum Gasteiger partial charge on any atom is -0.461 e. The summed E-state index contributed by atoms with van der Waals surface area (Å²) in [5.41, 5.74) is 0.455. The Morgan fingerprint density at radius 2 is 1.74 bits per heavy atom. The Balaban J connectivity index is 0.00000401. The number of benzene rings is 2. The van der Waals surface area contributed by atoms with E-state index < -0.39 is 106 Å². The van der Waals surface area contributed by atoms with Gasteiger partial charge in [-0.2, -0.15) is 0 Å². The number of esters is 3. The van der Waals surface area contributed by atoms with E-state index >= 15 is 4.79 Å². The maximum absolute atomic E-state index is 15.1. The van der Waals surface area contributed by atoms with Crippen molar-refractivity contribution in [3.63, 3.8) is 0 Å². The summed E-state index contributed by atoms with van der Waals surface area (Å²) in [5.74, 6) is -7.06. The molecule has 2 saturated carbocycles. The van der Waals surface area contributed by atoms with Crippen LogP contribution in [0.1, 0.15) is 122 Å². The van der Waals surface area contributed by atoms with Gasteiger partial charge in [0.15, 0.2) is 11.9 Å². The standard InChI is InChI=1S/C58H68N4O14.2Ac/c1-9-58(72)39-22-41-48-38(27-62(41)26-34(39)21-46(65)76-58)37(36-14-10-11-15-40(36)61-48)25-59-35-19-17-33(18-20-35)13-12-16-45(64)75-43-23-44-56(70,28-73-44)51-30(3)57(71)24-42(74-53(69)49(66)31(4)60-32(5)63)29(2)47(54(57,6)7)50(67)52(68)55(43,51)8;;/h10-11,14-15,17-20,22,25-26,30-31,41-44,49-51,66-67,70-72H,9,12-13,16,21,23-24,27-28H2,1-8H3,(H,60,63);;/t30-,31-,41?,42-,43-,44+,49+,50+,51?,55+,56-,57+,58+;;/m0../s1. The smallest absolute Gasteiger partial charge is 0.337 e. The fraction of sp³-hybridized carbons (Fsp3) is 0.534. The van der Waals surface area contributed by atoms with Crippen molar-refractivity contribution in [2.45, 2.75) is 166 Å². The van der Waals surface area contributed by atoms with Crippen LogP contribution in [0.15, 0.2) is 88.1 Å². The molecule has 4 fully saturated rings. The third kappa shape index (κ3) is 10.1. The number of aliphatic imine (C=N–C) groups is 1. The fourth-order valence-corrected chi connectivity index (χ4v) is 14.0. The molecule has 3 aromatic rings. The molecule has 2 saturated heterocycles. The number of aliphatic hydroxyl groups is 5. The van der Waals surface area contributed by atoms with Gasteiger partial charge in [-0.3, -0.25) is 24.2 Å². The average molecular weight is 1500 g/mol. The summed E-state index contributed by atoms with van der Waals surface area (Å²) in [7, 11) is 0. The van der Waals surface area contributed by atoms with Gasteiger partial charge in [-0.05, 0) is 86.1 Å². The predicted octanol–water partition coefficient (Wildman–Crippen LogP) is 4.96. The number of hydrogen-bond donors (Lipinski definition) is 6. The summed E-state index contributed by atoms with van der Waals surface area (Å²) in [6.45, 7) is 13.1. The Morgan fingerprint density at radius 3 is 2.41 bits per heavy atom. The van der Waals surface area contributed by atoms with E-state index in [2.05, 4.69) is 10.2 Å². The van der Waals surface area contributed by atoms with E-state index in [0.29, 0.717) is 36.2 Å². The van der Waals surface area contributed by atoms with E-state index in [0.717, 1.165) is 38.9 Å². The number of ether oxygens (including phenoxy) is 4. The molecular formula is C58H68Ac2N4O14. The van der Waals surface area contributed by atoms with Crippen molar-refractivity contribution in [2.24, 2.45) is 27.7 Å². The summed E-state index contributed by atoms with van der Waals surface area (Å²) < 4.78 is 23.4. The summed E-state index contributed by atoms with van der Waals surface area (Å²) in [6.07, 6.45) is -0.123. The molecule has 1 aromatic heterocycles. The van der Waals surface area contributed by atoms with Crippen molar-refractivity contribution >= 4 is 52.4 Å². The zero-order valence-corrected chi connectivity index (χ0v) is 54.8. The first-order valence-electron chi connectivity index (χ1n) is 26.4. The van der Waals surface area contributed by atoms with Gasteiger partial charge in [-0.25, -0.2) is 9.78 Å². The van der Waals surface area contributed by atoms with Crippen molar-refractivity contribution in [1.29, 1.82) is 0 Å². The molecule has 0 spiro atoms. The van der Waals surface area contributed by atoms with E-state index in [1.165, 1.54) is 13.8 Å². The number of para-hydroxylation sites is 1. The van der Waals surface area contributed by atoms with Crippen molar-refractivity contribution in [2.75, 3.05) is 6.61 Å². The van der Waals surface area contributed by atoms with Crippen molar-refractivity contribution in [3.8, 4) is 0 Å². The number of aromatic nitrogens is 1. The molecule has 2 radical (unpaired) electrons. The molecule has 20 heteroatoms. The Kier molecular flexibility index (Phi) is 17.5. The molecular weight excluding hydrogens is 1430 g/mol. The van der Waals surface area contributed by atoms with Crippen molar-refractivity contribution < 1.29 is 157 Å². The number of pyridine rings is 1. The number of carbonyl (C=O) groups excluding carboxylic acids is 5. The zero-order chi connectivity index (χ0) is 54.6. The molecule has 410 valence electrons. The number of carbonyl (C=O) groups is 5. The molecule has 2 bridgehead atoms. The number of Topliss-reactive ketones (excluding diaryl/α,β-unsaturated/α-hetero) is 1. The average Bonchev–Trinajstić information content (AvgIpc) is 3.88. The van der Waals surface area contributed by atoms with E-state index in [9.17, 15) is 44.7 Å². The van der Waals surface area contributed by atoms with E-state index in [1.807, 2.05) is 67.0 Å². The summed E-state index contributed by atoms with van der Waals surface area (Å²) in [5, 5.41) is 63.3. The minimum atomic E-state index is -1.87. The quantitative estimate of drug-likeness (QED) is 0.0606.